The van der Waals surface area contributed by atoms with Gasteiger partial charge in [-0.3, -0.25) is 19.0 Å². The molecule has 0 saturated carbocycles. The van der Waals surface area contributed by atoms with Gasteiger partial charge in [0.05, 0.1) is 18.1 Å². The van der Waals surface area contributed by atoms with Crippen molar-refractivity contribution in [3.63, 3.8) is 0 Å². The molecule has 4 atom stereocenters. The Hall–Kier alpha value is -2.74. The quantitative estimate of drug-likeness (QED) is 0.0821. The Bertz CT molecular complexity index is 1650. The minimum atomic E-state index is -1.76. The first-order valence-electron chi connectivity index (χ1n) is 18.3. The Morgan fingerprint density at radius 2 is 1.48 bits per heavy atom. The molecule has 0 radical (unpaired) electrons. The van der Waals surface area contributed by atoms with Gasteiger partial charge in [0.15, 0.2) is 23.3 Å². The molecule has 3 N–H and O–H groups in total. The number of anilines is 2. The Balaban J connectivity index is 0.000000419. The second-order valence-corrected chi connectivity index (χ2v) is 26.5. The standard InChI is InChI=1S/C12H16FN3O4S.C10H20FN3OSi2.C10H16O5S.C2H4Cl2/c1-2-3-9(17)19-5-10-20-8(6-21-10)16-4-7(13)11(14)15-12(16)18;1-16(2,3)14-9-8(11)7-12-10(13-9)15-17(4,5)6;1-3-4-8(12)13-5-10-15-9(6-16-10)14-7(2)11;3-1-2-4/h4,8,10H,2-3,5-6H2,1H3,(H2,14,15,18);7H,1-6H3,(H,12,13,14);9-10H,3-6H2,1-2H3;1-2H2/t8?,10-;;9?,10-;/m1.1./s1. The molecule has 2 saturated heterocycles. The minimum absolute atomic E-state index is 0.0969. The molecule has 16 nitrogen and oxygen atoms in total. The summed E-state index contributed by atoms with van der Waals surface area (Å²) >= 11 is 13.0. The van der Waals surface area contributed by atoms with Crippen LogP contribution in [0.25, 0.3) is 0 Å². The number of hydrogen-bond acceptors (Lipinski definition) is 17. The van der Waals surface area contributed by atoms with E-state index in [2.05, 4.69) is 39.6 Å². The molecule has 0 aromatic carbocycles. The van der Waals surface area contributed by atoms with Crippen molar-refractivity contribution in [1.29, 1.82) is 0 Å². The van der Waals surface area contributed by atoms with E-state index in [1.54, 1.807) is 0 Å². The third-order valence-electron chi connectivity index (χ3n) is 6.35. The predicted molar refractivity (Wildman–Crippen MR) is 228 cm³/mol. The van der Waals surface area contributed by atoms with Crippen LogP contribution in [-0.2, 0) is 38.1 Å². The summed E-state index contributed by atoms with van der Waals surface area (Å²) in [6.07, 6.45) is 3.22. The maximum absolute atomic E-state index is 13.5. The van der Waals surface area contributed by atoms with Crippen LogP contribution in [0.1, 0.15) is 52.7 Å². The molecule has 2 aliphatic rings. The average molecular weight is 938 g/mol. The summed E-state index contributed by atoms with van der Waals surface area (Å²) in [5, 5.41) is 0. The molecule has 2 unspecified atom stereocenters. The Labute approximate surface area is 358 Å². The number of carbonyl (C=O) groups excluding carboxylic acids is 3. The first-order chi connectivity index (χ1) is 27.1. The number of nitrogens with one attached hydrogen (secondary N) is 1. The van der Waals surface area contributed by atoms with Crippen molar-refractivity contribution in [3.05, 3.63) is 34.5 Å². The molecule has 0 amide bonds. The maximum atomic E-state index is 13.5. The zero-order valence-corrected chi connectivity index (χ0v) is 39.5. The van der Waals surface area contributed by atoms with Crippen molar-refractivity contribution in [2.45, 2.75) is 109 Å². The number of rotatable bonds is 15. The first-order valence-corrected chi connectivity index (χ1v) is 28.4. The predicted octanol–water partition coefficient (Wildman–Crippen LogP) is 6.74. The van der Waals surface area contributed by atoms with E-state index in [1.807, 2.05) is 33.5 Å². The van der Waals surface area contributed by atoms with E-state index >= 15 is 0 Å². The fourth-order valence-corrected chi connectivity index (χ4v) is 7.51. The summed E-state index contributed by atoms with van der Waals surface area (Å²) in [5.74, 6) is -0.158. The number of esters is 3. The third kappa shape index (κ3) is 23.2. The molecular formula is C34H56Cl2F2N6O10S2Si2. The number of aromatic nitrogens is 4. The number of nitrogen functional groups attached to an aromatic ring is 1. The fraction of sp³-hybridized carbons (Fsp3) is 0.676. The highest BCUT2D eigenvalue weighted by atomic mass is 35.5. The molecule has 2 aromatic heterocycles. The molecule has 58 heavy (non-hydrogen) atoms. The van der Waals surface area contributed by atoms with Crippen LogP contribution in [0.2, 0.25) is 39.3 Å². The van der Waals surface area contributed by atoms with Crippen molar-refractivity contribution in [1.82, 2.24) is 19.5 Å². The van der Waals surface area contributed by atoms with Gasteiger partial charge in [-0.2, -0.15) is 9.97 Å². The maximum Gasteiger partial charge on any atom is 0.351 e. The normalized spacial score (nSPS) is 18.6. The summed E-state index contributed by atoms with van der Waals surface area (Å²) in [6.45, 7) is 17.8. The monoisotopic (exact) mass is 936 g/mol. The topological polar surface area (TPSA) is 205 Å². The van der Waals surface area contributed by atoms with Crippen molar-refractivity contribution < 1.29 is 51.3 Å². The number of nitrogens with zero attached hydrogens (tertiary/aromatic N) is 4. The third-order valence-corrected chi connectivity index (χ3v) is 10.9. The van der Waals surface area contributed by atoms with E-state index in [0.29, 0.717) is 42.5 Å². The molecule has 2 aromatic rings. The van der Waals surface area contributed by atoms with Crippen molar-refractivity contribution in [3.8, 4) is 6.01 Å². The van der Waals surface area contributed by atoms with Crippen LogP contribution < -0.4 is 20.8 Å². The molecule has 0 aliphatic carbocycles. The van der Waals surface area contributed by atoms with E-state index in [0.717, 1.165) is 23.4 Å². The highest BCUT2D eigenvalue weighted by Crippen LogP contribution is 2.31. The van der Waals surface area contributed by atoms with Crippen molar-refractivity contribution in [2.75, 3.05) is 47.2 Å². The van der Waals surface area contributed by atoms with Gasteiger partial charge in [0.25, 0.3) is 0 Å². The summed E-state index contributed by atoms with van der Waals surface area (Å²) in [6, 6.07) is 0.256. The van der Waals surface area contributed by atoms with Crippen LogP contribution >= 0.6 is 46.7 Å². The Kier molecular flexibility index (Phi) is 25.0. The number of ether oxygens (including phenoxy) is 5. The molecule has 24 heteroatoms. The van der Waals surface area contributed by atoms with Crippen molar-refractivity contribution in [2.24, 2.45) is 0 Å². The molecule has 0 bridgehead atoms. The number of alkyl halides is 2. The molecule has 330 valence electrons. The van der Waals surface area contributed by atoms with Crippen LogP contribution in [0, 0.1) is 11.6 Å². The highest BCUT2D eigenvalue weighted by molar-refractivity contribution is 8.00. The van der Waals surface area contributed by atoms with Gasteiger partial charge < -0.3 is 38.8 Å². The van der Waals surface area contributed by atoms with Gasteiger partial charge in [0.2, 0.25) is 14.6 Å². The van der Waals surface area contributed by atoms with Gasteiger partial charge in [-0.05, 0) is 32.5 Å². The number of halogens is 4. The molecule has 4 heterocycles. The van der Waals surface area contributed by atoms with Gasteiger partial charge in [-0.1, -0.05) is 33.5 Å². The number of thioether (sulfide) groups is 2. The average Bonchev–Trinajstić information content (AvgIpc) is 3.78. The lowest BCUT2D eigenvalue weighted by atomic mass is 10.3. The summed E-state index contributed by atoms with van der Waals surface area (Å²) < 4.78 is 59.4. The van der Waals surface area contributed by atoms with Crippen LogP contribution in [0.4, 0.5) is 20.4 Å². The van der Waals surface area contributed by atoms with Gasteiger partial charge in [-0.25, -0.2) is 18.6 Å². The second kappa shape index (κ2) is 27.2. The Morgan fingerprint density at radius 3 is 1.98 bits per heavy atom. The summed E-state index contributed by atoms with van der Waals surface area (Å²) in [7, 11) is -3.40. The Morgan fingerprint density at radius 1 is 0.931 bits per heavy atom. The summed E-state index contributed by atoms with van der Waals surface area (Å²) in [4.78, 5) is 59.1. The molecule has 2 aliphatic heterocycles. The number of hydrogen-bond donors (Lipinski definition) is 2. The van der Waals surface area contributed by atoms with E-state index in [-0.39, 0.29) is 53.8 Å². The van der Waals surface area contributed by atoms with Crippen LogP contribution in [0.15, 0.2) is 17.2 Å². The number of carbonyl (C=O) groups is 3. The van der Waals surface area contributed by atoms with E-state index < -0.39 is 52.2 Å². The molecule has 4 rings (SSSR count). The van der Waals surface area contributed by atoms with Crippen LogP contribution in [-0.4, -0.2) is 108 Å². The van der Waals surface area contributed by atoms with Crippen LogP contribution in [0.3, 0.4) is 0 Å². The fourth-order valence-electron chi connectivity index (χ4n) is 4.10. The van der Waals surface area contributed by atoms with Gasteiger partial charge in [0, 0.05) is 37.3 Å². The van der Waals surface area contributed by atoms with Crippen LogP contribution in [0.5, 0.6) is 6.01 Å². The zero-order chi connectivity index (χ0) is 44.1. The lowest BCUT2D eigenvalue weighted by Crippen LogP contribution is -2.34. The first kappa shape index (κ1) is 53.3. The van der Waals surface area contributed by atoms with E-state index in [9.17, 15) is 28.0 Å². The molecular weight excluding hydrogens is 882 g/mol. The second-order valence-electron chi connectivity index (χ2n) is 14.1. The van der Waals surface area contributed by atoms with E-state index in [1.165, 1.54) is 30.4 Å². The van der Waals surface area contributed by atoms with Gasteiger partial charge in [0.1, 0.15) is 38.5 Å². The number of nitrogens with two attached hydrogens (primary N) is 1. The smallest absolute Gasteiger partial charge is 0.351 e. The van der Waals surface area contributed by atoms with E-state index in [4.69, 9.17) is 57.0 Å². The lowest BCUT2D eigenvalue weighted by molar-refractivity contribution is -0.175. The SMILES string of the molecule is CCCC(=O)OC[C@@H]1OC(OC(C)=O)CS1.CCCC(=O)OC[C@@H]1OC(n2cc(F)c(N)nc2=O)CS1.C[Si](C)(C)Nc1nc(O[Si](C)(C)C)ncc1F.ClCCCl. The molecule has 2 fully saturated rings. The largest absolute Gasteiger partial charge is 0.518 e. The zero-order valence-electron chi connectivity index (χ0n) is 34.3. The van der Waals surface area contributed by atoms with Gasteiger partial charge in [-0.15, -0.1) is 46.7 Å². The van der Waals surface area contributed by atoms with Gasteiger partial charge >= 0.3 is 29.6 Å². The van der Waals surface area contributed by atoms with Crippen molar-refractivity contribution >= 4 is 92.8 Å². The lowest BCUT2D eigenvalue weighted by Gasteiger charge is -2.21. The minimum Gasteiger partial charge on any atom is -0.518 e. The summed E-state index contributed by atoms with van der Waals surface area (Å²) in [5.41, 5.74) is 3.93. The highest BCUT2D eigenvalue weighted by Gasteiger charge is 2.30. The molecule has 0 spiro atoms.